The molecular formula is C10H16N2O3. The summed E-state index contributed by atoms with van der Waals surface area (Å²) >= 11 is 0. The number of aryl methyl sites for hydroxylation is 1. The molecule has 0 aromatic carbocycles. The highest BCUT2D eigenvalue weighted by Crippen LogP contribution is 2.14. The highest BCUT2D eigenvalue weighted by Gasteiger charge is 2.18. The molecule has 0 aliphatic heterocycles. The molecule has 0 amide bonds. The molecule has 0 unspecified atom stereocenters. The molecule has 5 heteroatoms. The predicted octanol–water partition coefficient (Wildman–Crippen LogP) is 1.40. The lowest BCUT2D eigenvalue weighted by Crippen LogP contribution is -2.25. The van der Waals surface area contributed by atoms with Gasteiger partial charge in [-0.3, -0.25) is 4.68 Å². The summed E-state index contributed by atoms with van der Waals surface area (Å²) in [7, 11) is 1.64. The minimum absolute atomic E-state index is 0.210. The molecule has 15 heavy (non-hydrogen) atoms. The fourth-order valence-electron chi connectivity index (χ4n) is 1.17. The van der Waals surface area contributed by atoms with Gasteiger partial charge in [0.1, 0.15) is 5.69 Å². The van der Waals surface area contributed by atoms with E-state index in [1.807, 2.05) is 13.8 Å². The van der Waals surface area contributed by atoms with Crippen molar-refractivity contribution in [1.29, 1.82) is 0 Å². The van der Waals surface area contributed by atoms with Gasteiger partial charge in [0.15, 0.2) is 0 Å². The van der Waals surface area contributed by atoms with E-state index in [-0.39, 0.29) is 11.3 Å². The fraction of sp³-hybridized carbons (Fsp3) is 0.600. The summed E-state index contributed by atoms with van der Waals surface area (Å²) in [4.78, 5) is 10.8. The van der Waals surface area contributed by atoms with Crippen LogP contribution in [0.15, 0.2) is 12.3 Å². The number of rotatable bonds is 5. The van der Waals surface area contributed by atoms with Crippen LogP contribution >= 0.6 is 0 Å². The van der Waals surface area contributed by atoms with Crippen LogP contribution in [0.2, 0.25) is 0 Å². The summed E-state index contributed by atoms with van der Waals surface area (Å²) < 4.78 is 6.72. The molecule has 0 fully saturated rings. The van der Waals surface area contributed by atoms with Gasteiger partial charge in [-0.05, 0) is 26.3 Å². The molecule has 0 saturated carbocycles. The van der Waals surface area contributed by atoms with Crippen molar-refractivity contribution in [3.8, 4) is 0 Å². The molecule has 1 rings (SSSR count). The van der Waals surface area contributed by atoms with Crippen molar-refractivity contribution >= 4 is 5.97 Å². The number of hydrogen-bond donors (Lipinski definition) is 1. The average molecular weight is 212 g/mol. The van der Waals surface area contributed by atoms with Gasteiger partial charge in [0.25, 0.3) is 0 Å². The Morgan fingerprint density at radius 3 is 2.87 bits per heavy atom. The van der Waals surface area contributed by atoms with Gasteiger partial charge in [-0.25, -0.2) is 4.79 Å². The van der Waals surface area contributed by atoms with Gasteiger partial charge in [0.05, 0.1) is 5.60 Å². The zero-order valence-corrected chi connectivity index (χ0v) is 9.23. The van der Waals surface area contributed by atoms with E-state index in [9.17, 15) is 4.79 Å². The van der Waals surface area contributed by atoms with Gasteiger partial charge in [0.2, 0.25) is 0 Å². The summed E-state index contributed by atoms with van der Waals surface area (Å²) in [5, 5.41) is 12.8. The van der Waals surface area contributed by atoms with Gasteiger partial charge in [-0.15, -0.1) is 0 Å². The van der Waals surface area contributed by atoms with Crippen molar-refractivity contribution in [3.05, 3.63) is 18.0 Å². The Kier molecular flexibility index (Phi) is 3.47. The number of carboxylic acid groups (broad SMARTS) is 1. The third kappa shape index (κ3) is 3.06. The molecule has 0 aliphatic carbocycles. The molecule has 0 bridgehead atoms. The molecule has 1 heterocycles. The zero-order valence-electron chi connectivity index (χ0n) is 9.23. The summed E-state index contributed by atoms with van der Waals surface area (Å²) in [5.74, 6) is -0.956. The Bertz CT molecular complexity index is 344. The molecule has 0 radical (unpaired) electrons. The first-order valence-electron chi connectivity index (χ1n) is 4.76. The largest absolute Gasteiger partial charge is 0.477 e. The van der Waals surface area contributed by atoms with E-state index in [0.29, 0.717) is 13.0 Å². The highest BCUT2D eigenvalue weighted by atomic mass is 16.5. The Hall–Kier alpha value is -1.36. The molecule has 1 aromatic heterocycles. The second kappa shape index (κ2) is 4.44. The number of methoxy groups -OCH3 is 1. The predicted molar refractivity (Wildman–Crippen MR) is 54.9 cm³/mol. The molecule has 0 aliphatic rings. The summed E-state index contributed by atoms with van der Waals surface area (Å²) in [6.45, 7) is 4.45. The maximum atomic E-state index is 10.8. The maximum absolute atomic E-state index is 10.8. The summed E-state index contributed by atoms with van der Waals surface area (Å²) in [6, 6.07) is 1.49. The average Bonchev–Trinajstić information content (AvgIpc) is 2.63. The van der Waals surface area contributed by atoms with E-state index >= 15 is 0 Å². The third-order valence-corrected chi connectivity index (χ3v) is 2.41. The third-order valence-electron chi connectivity index (χ3n) is 2.41. The van der Waals surface area contributed by atoms with Crippen molar-refractivity contribution in [1.82, 2.24) is 9.78 Å². The minimum atomic E-state index is -0.956. The van der Waals surface area contributed by atoms with Crippen molar-refractivity contribution < 1.29 is 14.6 Å². The summed E-state index contributed by atoms with van der Waals surface area (Å²) in [5.41, 5.74) is -0.0521. The fourth-order valence-corrected chi connectivity index (χ4v) is 1.17. The molecule has 0 saturated heterocycles. The van der Waals surface area contributed by atoms with E-state index < -0.39 is 5.97 Å². The Balaban J connectivity index is 2.65. The Labute approximate surface area is 88.7 Å². The number of aromatic nitrogens is 2. The van der Waals surface area contributed by atoms with Crippen molar-refractivity contribution in [2.24, 2.45) is 0 Å². The number of carbonyl (C=O) groups is 1. The number of ether oxygens (including phenoxy) is 1. The Morgan fingerprint density at radius 2 is 2.33 bits per heavy atom. The standard InChI is InChI=1S/C10H16N2O3/c1-10(2,15-3)5-7-12-8(9(13)14)4-6-11-12/h4,6H,5,7H2,1-3H3,(H,13,14). The first-order valence-corrected chi connectivity index (χ1v) is 4.76. The van der Waals surface area contributed by atoms with E-state index in [2.05, 4.69) is 5.10 Å². The topological polar surface area (TPSA) is 64.4 Å². The van der Waals surface area contributed by atoms with Crippen molar-refractivity contribution in [2.75, 3.05) is 7.11 Å². The SMILES string of the molecule is COC(C)(C)CCn1nccc1C(=O)O. The van der Waals surface area contributed by atoms with Crippen LogP contribution in [-0.4, -0.2) is 33.6 Å². The maximum Gasteiger partial charge on any atom is 0.354 e. The first kappa shape index (κ1) is 11.7. The number of hydrogen-bond acceptors (Lipinski definition) is 3. The van der Waals surface area contributed by atoms with Gasteiger partial charge in [-0.2, -0.15) is 5.10 Å². The molecule has 1 N–H and O–H groups in total. The first-order chi connectivity index (χ1) is 6.96. The van der Waals surface area contributed by atoms with Gasteiger partial charge < -0.3 is 9.84 Å². The van der Waals surface area contributed by atoms with E-state index in [4.69, 9.17) is 9.84 Å². The van der Waals surface area contributed by atoms with E-state index in [0.717, 1.165) is 0 Å². The second-order valence-corrected chi connectivity index (χ2v) is 3.96. The van der Waals surface area contributed by atoms with Gasteiger partial charge in [-0.1, -0.05) is 0 Å². The molecule has 1 aromatic rings. The van der Waals surface area contributed by atoms with Gasteiger partial charge >= 0.3 is 5.97 Å². The highest BCUT2D eigenvalue weighted by molar-refractivity contribution is 5.85. The molecule has 5 nitrogen and oxygen atoms in total. The van der Waals surface area contributed by atoms with E-state index in [1.54, 1.807) is 7.11 Å². The Morgan fingerprint density at radius 1 is 1.67 bits per heavy atom. The number of nitrogens with zero attached hydrogens (tertiary/aromatic N) is 2. The minimum Gasteiger partial charge on any atom is -0.477 e. The van der Waals surface area contributed by atoms with Gasteiger partial charge in [0, 0.05) is 19.9 Å². The van der Waals surface area contributed by atoms with Crippen molar-refractivity contribution in [2.45, 2.75) is 32.4 Å². The van der Waals surface area contributed by atoms with Crippen LogP contribution in [0, 0.1) is 0 Å². The normalized spacial score (nSPS) is 11.7. The lowest BCUT2D eigenvalue weighted by molar-refractivity contribution is 0.0109. The van der Waals surface area contributed by atoms with Crippen LogP contribution in [-0.2, 0) is 11.3 Å². The molecule has 0 atom stereocenters. The van der Waals surface area contributed by atoms with Crippen molar-refractivity contribution in [3.63, 3.8) is 0 Å². The zero-order chi connectivity index (χ0) is 11.5. The van der Waals surface area contributed by atoms with Crippen LogP contribution in [0.5, 0.6) is 0 Å². The van der Waals surface area contributed by atoms with Crippen LogP contribution in [0.25, 0.3) is 0 Å². The second-order valence-electron chi connectivity index (χ2n) is 3.96. The summed E-state index contributed by atoms with van der Waals surface area (Å²) in [6.07, 6.45) is 2.20. The van der Waals surface area contributed by atoms with Crippen LogP contribution in [0.3, 0.4) is 0 Å². The number of aromatic carboxylic acids is 1. The van der Waals surface area contributed by atoms with Crippen LogP contribution < -0.4 is 0 Å². The van der Waals surface area contributed by atoms with Crippen LogP contribution in [0.1, 0.15) is 30.8 Å². The lowest BCUT2D eigenvalue weighted by Gasteiger charge is -2.22. The number of carboxylic acids is 1. The molecule has 84 valence electrons. The van der Waals surface area contributed by atoms with E-state index in [1.165, 1.54) is 16.9 Å². The smallest absolute Gasteiger partial charge is 0.354 e. The lowest BCUT2D eigenvalue weighted by atomic mass is 10.1. The molecular weight excluding hydrogens is 196 g/mol. The monoisotopic (exact) mass is 212 g/mol. The van der Waals surface area contributed by atoms with Crippen LogP contribution in [0.4, 0.5) is 0 Å². The quantitative estimate of drug-likeness (QED) is 0.801. The molecule has 0 spiro atoms.